The quantitative estimate of drug-likeness (QED) is 0.175. The standard InChI is InChI=1S/C37H46FNO10/c1-22-18-27(38)31(46-33(40)24-14-11-10-12-15-24)32-28(47-37(6,7)48-32)17-13-16-25-19-26(39(8)35(42)49-36(3,4)5)20-29(44-21-43-9)30(25)34(41)45-23(22)2/h10-16,18-20,22-23,28,31-32H,17,21H2,1-9H3/b16-13+,27-18+/t22-,23+,28+,31?,32+/m1/s1. The summed E-state index contributed by atoms with van der Waals surface area (Å²) in [6.07, 6.45) is 0.104. The molecule has 0 radical (unpaired) electrons. The summed E-state index contributed by atoms with van der Waals surface area (Å²) in [5.74, 6) is -3.94. The van der Waals surface area contributed by atoms with Gasteiger partial charge in [-0.15, -0.1) is 0 Å². The Balaban J connectivity index is 1.81. The van der Waals surface area contributed by atoms with Gasteiger partial charge in [-0.25, -0.2) is 18.8 Å². The van der Waals surface area contributed by atoms with Gasteiger partial charge in [0.2, 0.25) is 0 Å². The summed E-state index contributed by atoms with van der Waals surface area (Å²) >= 11 is 0. The lowest BCUT2D eigenvalue weighted by molar-refractivity contribution is -0.154. The monoisotopic (exact) mass is 683 g/mol. The number of halogens is 1. The number of carbonyl (C=O) groups is 3. The van der Waals surface area contributed by atoms with Crippen LogP contribution in [0.3, 0.4) is 0 Å². The molecule has 2 aliphatic rings. The molecule has 12 heteroatoms. The number of carbonyl (C=O) groups excluding carboxylic acids is 3. The van der Waals surface area contributed by atoms with E-state index in [1.54, 1.807) is 104 Å². The molecule has 266 valence electrons. The van der Waals surface area contributed by atoms with Crippen molar-refractivity contribution < 1.29 is 51.9 Å². The van der Waals surface area contributed by atoms with Crippen molar-refractivity contribution in [2.75, 3.05) is 25.9 Å². The lowest BCUT2D eigenvalue weighted by Gasteiger charge is -2.27. The van der Waals surface area contributed by atoms with E-state index in [1.807, 2.05) is 0 Å². The van der Waals surface area contributed by atoms with Crippen molar-refractivity contribution in [1.29, 1.82) is 0 Å². The number of hydrogen-bond acceptors (Lipinski definition) is 10. The number of rotatable bonds is 6. The van der Waals surface area contributed by atoms with Gasteiger partial charge in [0.15, 0.2) is 18.7 Å². The number of fused-ring (bicyclic) bond motifs is 2. The zero-order chi connectivity index (χ0) is 36.1. The molecule has 0 aliphatic carbocycles. The van der Waals surface area contributed by atoms with Crippen molar-refractivity contribution in [3.8, 4) is 5.75 Å². The zero-order valence-electron chi connectivity index (χ0n) is 29.5. The lowest BCUT2D eigenvalue weighted by atomic mass is 9.97. The number of anilines is 1. The molecular formula is C37H46FNO10. The summed E-state index contributed by atoms with van der Waals surface area (Å²) in [5.41, 5.74) is 0.306. The summed E-state index contributed by atoms with van der Waals surface area (Å²) in [7, 11) is 2.98. The zero-order valence-corrected chi connectivity index (χ0v) is 29.5. The first-order valence-electron chi connectivity index (χ1n) is 16.1. The second-order valence-corrected chi connectivity index (χ2v) is 13.5. The van der Waals surface area contributed by atoms with Crippen molar-refractivity contribution in [3.05, 3.63) is 77.1 Å². The molecule has 49 heavy (non-hydrogen) atoms. The van der Waals surface area contributed by atoms with Crippen LogP contribution in [0.2, 0.25) is 0 Å². The van der Waals surface area contributed by atoms with Crippen molar-refractivity contribution in [2.45, 2.75) is 90.7 Å². The van der Waals surface area contributed by atoms with Crippen LogP contribution in [0.1, 0.15) is 81.2 Å². The van der Waals surface area contributed by atoms with Crippen molar-refractivity contribution in [1.82, 2.24) is 0 Å². The highest BCUT2D eigenvalue weighted by Crippen LogP contribution is 2.38. The molecule has 2 heterocycles. The average molecular weight is 684 g/mol. The Morgan fingerprint density at radius 2 is 1.78 bits per heavy atom. The van der Waals surface area contributed by atoms with E-state index < -0.39 is 65.6 Å². The SMILES string of the molecule is COCOc1cc(N(C)C(=O)OC(C)(C)C)cc2c1C(=O)O[C@@H](C)[C@H](C)/C=C(/F)C(OC(=O)c1ccccc1)[C@H]1OC(C)(C)O[C@H]1C/C=C/2. The Hall–Kier alpha value is -4.26. The van der Waals surface area contributed by atoms with E-state index in [1.165, 1.54) is 24.2 Å². The van der Waals surface area contributed by atoms with Gasteiger partial charge in [-0.05, 0) is 77.8 Å². The number of esters is 2. The largest absolute Gasteiger partial charge is 0.467 e. The van der Waals surface area contributed by atoms with E-state index in [0.717, 1.165) is 0 Å². The van der Waals surface area contributed by atoms with Gasteiger partial charge in [-0.3, -0.25) is 4.90 Å². The number of ether oxygens (including phenoxy) is 7. The number of hydrogen-bond donors (Lipinski definition) is 0. The van der Waals surface area contributed by atoms with Gasteiger partial charge < -0.3 is 33.2 Å². The van der Waals surface area contributed by atoms with Crippen molar-refractivity contribution in [2.24, 2.45) is 5.92 Å². The predicted octanol–water partition coefficient (Wildman–Crippen LogP) is 7.24. The van der Waals surface area contributed by atoms with E-state index in [9.17, 15) is 14.4 Å². The molecule has 11 nitrogen and oxygen atoms in total. The second kappa shape index (κ2) is 15.5. The molecule has 1 amide bonds. The van der Waals surface area contributed by atoms with E-state index in [2.05, 4.69) is 0 Å². The van der Waals surface area contributed by atoms with Crippen molar-refractivity contribution in [3.63, 3.8) is 0 Å². The van der Waals surface area contributed by atoms with Crippen LogP contribution >= 0.6 is 0 Å². The van der Waals surface area contributed by atoms with Crippen LogP contribution in [0.4, 0.5) is 14.9 Å². The molecule has 2 aromatic rings. The summed E-state index contributed by atoms with van der Waals surface area (Å²) in [4.78, 5) is 41.3. The minimum absolute atomic E-state index is 0.0744. The van der Waals surface area contributed by atoms with Crippen LogP contribution in [0, 0.1) is 5.92 Å². The molecule has 1 fully saturated rings. The minimum atomic E-state index is -1.46. The molecule has 0 spiro atoms. The number of nitrogens with zero attached hydrogens (tertiary/aromatic N) is 1. The molecule has 0 N–H and O–H groups in total. The van der Waals surface area contributed by atoms with E-state index in [4.69, 9.17) is 33.2 Å². The highest BCUT2D eigenvalue weighted by atomic mass is 19.1. The van der Waals surface area contributed by atoms with Gasteiger partial charge in [0.1, 0.15) is 34.9 Å². The van der Waals surface area contributed by atoms with Gasteiger partial charge in [0.25, 0.3) is 0 Å². The molecule has 1 unspecified atom stereocenters. The van der Waals surface area contributed by atoms with Crippen LogP contribution in [-0.4, -0.2) is 74.8 Å². The van der Waals surface area contributed by atoms with Gasteiger partial charge in [0.05, 0.1) is 17.4 Å². The molecule has 1 saturated heterocycles. The predicted molar refractivity (Wildman–Crippen MR) is 180 cm³/mol. The van der Waals surface area contributed by atoms with Crippen LogP contribution in [-0.2, 0) is 28.4 Å². The smallest absolute Gasteiger partial charge is 0.414 e. The maximum Gasteiger partial charge on any atom is 0.414 e. The summed E-state index contributed by atoms with van der Waals surface area (Å²) < 4.78 is 56.7. The maximum atomic E-state index is 16.2. The van der Waals surface area contributed by atoms with E-state index >= 15 is 4.39 Å². The molecule has 4 rings (SSSR count). The molecule has 0 bridgehead atoms. The summed E-state index contributed by atoms with van der Waals surface area (Å²) in [5, 5.41) is 0. The molecular weight excluding hydrogens is 637 g/mol. The number of amides is 1. The first-order chi connectivity index (χ1) is 23.0. The fraction of sp³-hybridized carbons (Fsp3) is 0.486. The maximum absolute atomic E-state index is 16.2. The second-order valence-electron chi connectivity index (χ2n) is 13.5. The van der Waals surface area contributed by atoms with Gasteiger partial charge >= 0.3 is 18.0 Å². The Labute approximate surface area is 286 Å². The van der Waals surface area contributed by atoms with Gasteiger partial charge in [-0.1, -0.05) is 37.3 Å². The number of methoxy groups -OCH3 is 1. The Kier molecular flexibility index (Phi) is 11.9. The first-order valence-corrected chi connectivity index (χ1v) is 16.1. The molecule has 2 aromatic carbocycles. The number of cyclic esters (lactones) is 1. The molecule has 2 aliphatic heterocycles. The fourth-order valence-electron chi connectivity index (χ4n) is 5.32. The van der Waals surface area contributed by atoms with Crippen molar-refractivity contribution >= 4 is 29.8 Å². The van der Waals surface area contributed by atoms with Crippen LogP contribution in [0.5, 0.6) is 5.75 Å². The normalized spacial score (nSPS) is 25.7. The van der Waals surface area contributed by atoms with Crippen LogP contribution < -0.4 is 9.64 Å². The summed E-state index contributed by atoms with van der Waals surface area (Å²) in [6, 6.07) is 11.4. The highest BCUT2D eigenvalue weighted by molar-refractivity contribution is 5.99. The number of benzene rings is 2. The van der Waals surface area contributed by atoms with Crippen LogP contribution in [0.15, 0.2) is 60.4 Å². The third-order valence-electron chi connectivity index (χ3n) is 7.86. The minimum Gasteiger partial charge on any atom is -0.467 e. The first kappa shape index (κ1) is 37.6. The van der Waals surface area contributed by atoms with E-state index in [0.29, 0.717) is 11.3 Å². The lowest BCUT2D eigenvalue weighted by Crippen LogP contribution is -2.39. The molecule has 0 saturated carbocycles. The third kappa shape index (κ3) is 9.68. The molecule has 5 atom stereocenters. The van der Waals surface area contributed by atoms with Crippen LogP contribution in [0.25, 0.3) is 6.08 Å². The third-order valence-corrected chi connectivity index (χ3v) is 7.86. The van der Waals surface area contributed by atoms with Gasteiger partial charge in [0, 0.05) is 26.1 Å². The average Bonchev–Trinajstić information content (AvgIpc) is 3.34. The summed E-state index contributed by atoms with van der Waals surface area (Å²) in [6.45, 7) is 11.8. The van der Waals surface area contributed by atoms with Gasteiger partial charge in [-0.2, -0.15) is 0 Å². The Morgan fingerprint density at radius 3 is 2.43 bits per heavy atom. The molecule has 0 aromatic heterocycles. The van der Waals surface area contributed by atoms with E-state index in [-0.39, 0.29) is 30.1 Å². The highest BCUT2D eigenvalue weighted by Gasteiger charge is 2.48. The Morgan fingerprint density at radius 1 is 1.08 bits per heavy atom. The Bertz CT molecular complexity index is 1560. The topological polar surface area (TPSA) is 119 Å². The fourth-order valence-corrected chi connectivity index (χ4v) is 5.32.